The Morgan fingerprint density at radius 1 is 1.43 bits per heavy atom. The second-order valence-corrected chi connectivity index (χ2v) is 3.29. The number of nitrogens with zero attached hydrogens (tertiary/aromatic N) is 3. The average molecular weight is 186 g/mol. The van der Waals surface area contributed by atoms with Crippen LogP contribution in [-0.4, -0.2) is 15.5 Å². The van der Waals surface area contributed by atoms with Crippen LogP contribution in [0.2, 0.25) is 0 Å². The minimum Gasteiger partial charge on any atom is -0.353 e. The second kappa shape index (κ2) is 3.76. The molecule has 0 saturated carbocycles. The SMILES string of the molecule is C#CC(C)(C)Nc1cnc(C#N)cn1. The predicted octanol–water partition coefficient (Wildman–Crippen LogP) is 1.17. The van der Waals surface area contributed by atoms with Crippen LogP contribution in [0.25, 0.3) is 0 Å². The minimum atomic E-state index is -0.469. The first-order valence-electron chi connectivity index (χ1n) is 4.05. The molecule has 1 aromatic heterocycles. The predicted molar refractivity (Wildman–Crippen MR) is 53.3 cm³/mol. The van der Waals surface area contributed by atoms with Crippen molar-refractivity contribution in [3.63, 3.8) is 0 Å². The lowest BCUT2D eigenvalue weighted by atomic mass is 10.1. The number of terminal acetylenes is 1. The number of anilines is 1. The number of nitriles is 1. The fourth-order valence-corrected chi connectivity index (χ4v) is 0.807. The van der Waals surface area contributed by atoms with Gasteiger partial charge in [0.1, 0.15) is 11.9 Å². The van der Waals surface area contributed by atoms with Gasteiger partial charge < -0.3 is 5.32 Å². The molecule has 0 saturated heterocycles. The van der Waals surface area contributed by atoms with Gasteiger partial charge in [-0.05, 0) is 13.8 Å². The van der Waals surface area contributed by atoms with Crippen molar-refractivity contribution < 1.29 is 0 Å². The molecule has 4 heteroatoms. The van der Waals surface area contributed by atoms with E-state index in [0.29, 0.717) is 5.82 Å². The van der Waals surface area contributed by atoms with E-state index in [4.69, 9.17) is 11.7 Å². The quantitative estimate of drug-likeness (QED) is 0.704. The van der Waals surface area contributed by atoms with Crippen molar-refractivity contribution in [1.82, 2.24) is 9.97 Å². The Balaban J connectivity index is 2.81. The highest BCUT2D eigenvalue weighted by Gasteiger charge is 2.13. The molecule has 1 N–H and O–H groups in total. The van der Waals surface area contributed by atoms with Gasteiger partial charge in [-0.2, -0.15) is 5.26 Å². The molecule has 0 fully saturated rings. The smallest absolute Gasteiger partial charge is 0.158 e. The second-order valence-electron chi connectivity index (χ2n) is 3.29. The molecule has 4 nitrogen and oxygen atoms in total. The Labute approximate surface area is 83.0 Å². The number of hydrogen-bond donors (Lipinski definition) is 1. The summed E-state index contributed by atoms with van der Waals surface area (Å²) in [5.74, 6) is 3.14. The van der Waals surface area contributed by atoms with E-state index in [0.717, 1.165) is 0 Å². The molecule has 0 unspecified atom stereocenters. The summed E-state index contributed by atoms with van der Waals surface area (Å²) in [6.07, 6.45) is 8.18. The molecule has 0 aliphatic carbocycles. The molecule has 1 rings (SSSR count). The van der Waals surface area contributed by atoms with Crippen molar-refractivity contribution in [2.45, 2.75) is 19.4 Å². The van der Waals surface area contributed by atoms with E-state index in [9.17, 15) is 0 Å². The van der Waals surface area contributed by atoms with Crippen LogP contribution in [-0.2, 0) is 0 Å². The molecule has 0 amide bonds. The largest absolute Gasteiger partial charge is 0.353 e. The first kappa shape index (κ1) is 10.0. The monoisotopic (exact) mass is 186 g/mol. The molecule has 70 valence electrons. The third-order valence-corrected chi connectivity index (χ3v) is 1.57. The highest BCUT2D eigenvalue weighted by atomic mass is 15.1. The molecule has 14 heavy (non-hydrogen) atoms. The number of hydrogen-bond acceptors (Lipinski definition) is 4. The summed E-state index contributed by atoms with van der Waals surface area (Å²) in [5, 5.41) is 11.5. The molecule has 0 atom stereocenters. The van der Waals surface area contributed by atoms with E-state index in [1.165, 1.54) is 12.4 Å². The molecule has 0 aliphatic rings. The molecule has 1 aromatic rings. The molecule has 0 aromatic carbocycles. The van der Waals surface area contributed by atoms with Crippen molar-refractivity contribution in [2.75, 3.05) is 5.32 Å². The number of aromatic nitrogens is 2. The molecular formula is C10H10N4. The summed E-state index contributed by atoms with van der Waals surface area (Å²) in [5.41, 5.74) is -0.183. The third-order valence-electron chi connectivity index (χ3n) is 1.57. The lowest BCUT2D eigenvalue weighted by molar-refractivity contribution is 0.734. The highest BCUT2D eigenvalue weighted by molar-refractivity contribution is 5.39. The van der Waals surface area contributed by atoms with E-state index in [1.807, 2.05) is 19.9 Å². The fourth-order valence-electron chi connectivity index (χ4n) is 0.807. The van der Waals surface area contributed by atoms with Crippen LogP contribution >= 0.6 is 0 Å². The Kier molecular flexibility index (Phi) is 2.69. The van der Waals surface area contributed by atoms with Crippen LogP contribution in [0.1, 0.15) is 19.5 Å². The molecule has 0 radical (unpaired) electrons. The van der Waals surface area contributed by atoms with Crippen LogP contribution in [0, 0.1) is 23.7 Å². The van der Waals surface area contributed by atoms with Crippen LogP contribution in [0.3, 0.4) is 0 Å². The van der Waals surface area contributed by atoms with Crippen molar-refractivity contribution in [1.29, 1.82) is 5.26 Å². The lowest BCUT2D eigenvalue weighted by Gasteiger charge is -2.19. The van der Waals surface area contributed by atoms with Gasteiger partial charge >= 0.3 is 0 Å². The van der Waals surface area contributed by atoms with Gasteiger partial charge in [-0.1, -0.05) is 5.92 Å². The topological polar surface area (TPSA) is 61.6 Å². The van der Waals surface area contributed by atoms with Crippen molar-refractivity contribution in [2.24, 2.45) is 0 Å². The molecule has 0 spiro atoms. The summed E-state index contributed by atoms with van der Waals surface area (Å²) in [4.78, 5) is 7.85. The summed E-state index contributed by atoms with van der Waals surface area (Å²) in [6.45, 7) is 3.71. The Bertz CT molecular complexity index is 392. The van der Waals surface area contributed by atoms with Crippen LogP contribution in [0.15, 0.2) is 12.4 Å². The van der Waals surface area contributed by atoms with Gasteiger partial charge in [0.25, 0.3) is 0 Å². The summed E-state index contributed by atoms with van der Waals surface area (Å²) in [7, 11) is 0. The summed E-state index contributed by atoms with van der Waals surface area (Å²) < 4.78 is 0. The first-order chi connectivity index (χ1) is 6.57. The Morgan fingerprint density at radius 2 is 2.14 bits per heavy atom. The van der Waals surface area contributed by atoms with Gasteiger partial charge in [0.15, 0.2) is 5.69 Å². The molecular weight excluding hydrogens is 176 g/mol. The number of rotatable bonds is 2. The van der Waals surface area contributed by atoms with Crippen LogP contribution < -0.4 is 5.32 Å². The van der Waals surface area contributed by atoms with Crippen molar-refractivity contribution in [3.05, 3.63) is 18.1 Å². The van der Waals surface area contributed by atoms with Crippen molar-refractivity contribution in [3.8, 4) is 18.4 Å². The maximum atomic E-state index is 8.50. The van der Waals surface area contributed by atoms with Gasteiger partial charge in [-0.15, -0.1) is 6.42 Å². The first-order valence-corrected chi connectivity index (χ1v) is 4.05. The zero-order valence-electron chi connectivity index (χ0n) is 8.07. The fraction of sp³-hybridized carbons (Fsp3) is 0.300. The van der Waals surface area contributed by atoms with Gasteiger partial charge in [-0.25, -0.2) is 9.97 Å². The molecule has 0 aliphatic heterocycles. The van der Waals surface area contributed by atoms with E-state index in [2.05, 4.69) is 21.2 Å². The zero-order chi connectivity index (χ0) is 10.6. The third kappa shape index (κ3) is 2.46. The van der Waals surface area contributed by atoms with Crippen LogP contribution in [0.4, 0.5) is 5.82 Å². The Hall–Kier alpha value is -2.07. The van der Waals surface area contributed by atoms with E-state index in [-0.39, 0.29) is 5.69 Å². The summed E-state index contributed by atoms with van der Waals surface area (Å²) in [6, 6.07) is 1.89. The van der Waals surface area contributed by atoms with Gasteiger partial charge in [-0.3, -0.25) is 0 Å². The summed E-state index contributed by atoms with van der Waals surface area (Å²) >= 11 is 0. The minimum absolute atomic E-state index is 0.286. The number of nitrogens with one attached hydrogen (secondary N) is 1. The normalized spacial score (nSPS) is 10.0. The van der Waals surface area contributed by atoms with E-state index < -0.39 is 5.54 Å². The zero-order valence-corrected chi connectivity index (χ0v) is 8.07. The Morgan fingerprint density at radius 3 is 2.57 bits per heavy atom. The molecule has 0 bridgehead atoms. The molecule has 1 heterocycles. The standard InChI is InChI=1S/C10H10N4/c1-4-10(2,3)14-9-7-12-8(5-11)6-13-9/h1,6-7H,2-3H3,(H,13,14). The van der Waals surface area contributed by atoms with Gasteiger partial charge in [0, 0.05) is 0 Å². The van der Waals surface area contributed by atoms with Crippen LogP contribution in [0.5, 0.6) is 0 Å². The van der Waals surface area contributed by atoms with Crippen molar-refractivity contribution >= 4 is 5.82 Å². The van der Waals surface area contributed by atoms with Gasteiger partial charge in [0.2, 0.25) is 0 Å². The maximum Gasteiger partial charge on any atom is 0.158 e. The highest BCUT2D eigenvalue weighted by Crippen LogP contribution is 2.09. The average Bonchev–Trinajstić information content (AvgIpc) is 2.19. The van der Waals surface area contributed by atoms with E-state index >= 15 is 0 Å². The van der Waals surface area contributed by atoms with Gasteiger partial charge in [0.05, 0.1) is 17.9 Å². The van der Waals surface area contributed by atoms with E-state index in [1.54, 1.807) is 0 Å². The maximum absolute atomic E-state index is 8.50. The lowest BCUT2D eigenvalue weighted by Crippen LogP contribution is -2.29.